The van der Waals surface area contributed by atoms with Gasteiger partial charge in [0.1, 0.15) is 0 Å². The lowest BCUT2D eigenvalue weighted by atomic mass is 10.2. The normalized spacial score (nSPS) is 13.4. The summed E-state index contributed by atoms with van der Waals surface area (Å²) in [7, 11) is 4.09. The minimum absolute atomic E-state index is 0.297. The van der Waals surface area contributed by atoms with Crippen LogP contribution in [0.5, 0.6) is 0 Å². The van der Waals surface area contributed by atoms with E-state index in [0.717, 1.165) is 25.9 Å². The van der Waals surface area contributed by atoms with E-state index in [1.807, 2.05) is 17.9 Å². The first-order chi connectivity index (χ1) is 7.08. The SMILES string of the molecule is CC(N)CCN(C)CCc1cnn(C)c1. The zero-order chi connectivity index (χ0) is 11.3. The molecule has 1 aromatic rings. The molecule has 0 aliphatic carbocycles. The minimum atomic E-state index is 0.297. The van der Waals surface area contributed by atoms with E-state index >= 15 is 0 Å². The Hall–Kier alpha value is -0.870. The summed E-state index contributed by atoms with van der Waals surface area (Å²) in [5.41, 5.74) is 7.01. The van der Waals surface area contributed by atoms with E-state index in [2.05, 4.69) is 30.2 Å². The summed E-state index contributed by atoms with van der Waals surface area (Å²) in [6, 6.07) is 0.297. The maximum Gasteiger partial charge on any atom is 0.0522 e. The second kappa shape index (κ2) is 5.88. The molecule has 0 fully saturated rings. The van der Waals surface area contributed by atoms with Crippen LogP contribution >= 0.6 is 0 Å². The van der Waals surface area contributed by atoms with Gasteiger partial charge in [-0.05, 0) is 38.9 Å². The molecular weight excluding hydrogens is 188 g/mol. The number of nitrogens with two attached hydrogens (primary N) is 1. The zero-order valence-electron chi connectivity index (χ0n) is 9.98. The van der Waals surface area contributed by atoms with Crippen molar-refractivity contribution >= 4 is 0 Å². The van der Waals surface area contributed by atoms with E-state index in [-0.39, 0.29) is 0 Å². The van der Waals surface area contributed by atoms with Gasteiger partial charge in [0.05, 0.1) is 6.20 Å². The highest BCUT2D eigenvalue weighted by Gasteiger charge is 2.02. The molecule has 4 heteroatoms. The molecule has 1 unspecified atom stereocenters. The smallest absolute Gasteiger partial charge is 0.0522 e. The average Bonchev–Trinajstić information content (AvgIpc) is 2.58. The summed E-state index contributed by atoms with van der Waals surface area (Å²) < 4.78 is 1.84. The molecule has 1 heterocycles. The number of hydrogen-bond acceptors (Lipinski definition) is 3. The summed E-state index contributed by atoms with van der Waals surface area (Å²) >= 11 is 0. The van der Waals surface area contributed by atoms with Crippen LogP contribution in [-0.4, -0.2) is 40.9 Å². The Kier molecular flexibility index (Phi) is 4.78. The van der Waals surface area contributed by atoms with E-state index in [4.69, 9.17) is 5.73 Å². The Bertz CT molecular complexity index is 280. The van der Waals surface area contributed by atoms with Gasteiger partial charge >= 0.3 is 0 Å². The molecule has 0 bridgehead atoms. The first kappa shape index (κ1) is 12.2. The highest BCUT2D eigenvalue weighted by Crippen LogP contribution is 1.99. The summed E-state index contributed by atoms with van der Waals surface area (Å²) in [5.74, 6) is 0. The summed E-state index contributed by atoms with van der Waals surface area (Å²) in [5, 5.41) is 4.15. The van der Waals surface area contributed by atoms with Gasteiger partial charge in [0.25, 0.3) is 0 Å². The number of rotatable bonds is 6. The van der Waals surface area contributed by atoms with Crippen LogP contribution in [0.2, 0.25) is 0 Å². The Morgan fingerprint density at radius 3 is 2.80 bits per heavy atom. The third-order valence-corrected chi connectivity index (χ3v) is 2.51. The number of likely N-dealkylation sites (N-methyl/N-ethyl adjacent to an activating group) is 1. The molecule has 0 radical (unpaired) electrons. The van der Waals surface area contributed by atoms with Crippen molar-refractivity contribution in [2.75, 3.05) is 20.1 Å². The Morgan fingerprint density at radius 1 is 1.53 bits per heavy atom. The monoisotopic (exact) mass is 210 g/mol. The van der Waals surface area contributed by atoms with Gasteiger partial charge < -0.3 is 10.6 Å². The van der Waals surface area contributed by atoms with Crippen molar-refractivity contribution in [1.29, 1.82) is 0 Å². The maximum atomic E-state index is 5.71. The van der Waals surface area contributed by atoms with Crippen LogP contribution in [0.3, 0.4) is 0 Å². The first-order valence-electron chi connectivity index (χ1n) is 5.49. The molecule has 0 aliphatic rings. The van der Waals surface area contributed by atoms with Gasteiger partial charge in [-0.2, -0.15) is 5.10 Å². The molecule has 0 saturated carbocycles. The zero-order valence-corrected chi connectivity index (χ0v) is 9.98. The van der Waals surface area contributed by atoms with Crippen LogP contribution in [0, 0.1) is 0 Å². The molecule has 1 aromatic heterocycles. The van der Waals surface area contributed by atoms with Crippen molar-refractivity contribution in [1.82, 2.24) is 14.7 Å². The van der Waals surface area contributed by atoms with E-state index in [1.54, 1.807) is 0 Å². The molecule has 1 rings (SSSR count). The first-order valence-corrected chi connectivity index (χ1v) is 5.49. The van der Waals surface area contributed by atoms with Crippen molar-refractivity contribution in [3.05, 3.63) is 18.0 Å². The predicted octanol–water partition coefficient (Wildman–Crippen LogP) is 0.632. The highest BCUT2D eigenvalue weighted by atomic mass is 15.2. The minimum Gasteiger partial charge on any atom is -0.328 e. The molecule has 15 heavy (non-hydrogen) atoms. The third kappa shape index (κ3) is 4.95. The molecular formula is C11H22N4. The maximum absolute atomic E-state index is 5.71. The van der Waals surface area contributed by atoms with E-state index in [0.29, 0.717) is 6.04 Å². The average molecular weight is 210 g/mol. The molecule has 0 amide bonds. The second-order valence-corrected chi connectivity index (χ2v) is 4.34. The van der Waals surface area contributed by atoms with Crippen LogP contribution in [-0.2, 0) is 13.5 Å². The van der Waals surface area contributed by atoms with Crippen molar-refractivity contribution in [2.24, 2.45) is 12.8 Å². The molecule has 0 aliphatic heterocycles. The van der Waals surface area contributed by atoms with Gasteiger partial charge in [-0.25, -0.2) is 0 Å². The number of aromatic nitrogens is 2. The number of nitrogens with zero attached hydrogens (tertiary/aromatic N) is 3. The van der Waals surface area contributed by atoms with Crippen molar-refractivity contribution < 1.29 is 0 Å². The van der Waals surface area contributed by atoms with Crippen LogP contribution in [0.4, 0.5) is 0 Å². The Morgan fingerprint density at radius 2 is 2.27 bits per heavy atom. The second-order valence-electron chi connectivity index (χ2n) is 4.34. The molecule has 1 atom stereocenters. The lowest BCUT2D eigenvalue weighted by Crippen LogP contribution is -2.27. The quantitative estimate of drug-likeness (QED) is 0.749. The highest BCUT2D eigenvalue weighted by molar-refractivity contribution is 5.03. The van der Waals surface area contributed by atoms with Crippen LogP contribution in [0.15, 0.2) is 12.4 Å². The molecule has 0 spiro atoms. The van der Waals surface area contributed by atoms with Crippen LogP contribution in [0.25, 0.3) is 0 Å². The molecule has 86 valence electrons. The number of hydrogen-bond donors (Lipinski definition) is 1. The molecule has 0 saturated heterocycles. The Balaban J connectivity index is 2.19. The fourth-order valence-corrected chi connectivity index (χ4v) is 1.46. The third-order valence-electron chi connectivity index (χ3n) is 2.51. The summed E-state index contributed by atoms with van der Waals surface area (Å²) in [4.78, 5) is 2.32. The molecule has 2 N–H and O–H groups in total. The standard InChI is InChI=1S/C11H22N4/c1-10(12)4-6-14(2)7-5-11-8-13-15(3)9-11/h8-10H,4-7,12H2,1-3H3. The lowest BCUT2D eigenvalue weighted by Gasteiger charge is -2.17. The predicted molar refractivity (Wildman–Crippen MR) is 62.7 cm³/mol. The van der Waals surface area contributed by atoms with Gasteiger partial charge in [-0.3, -0.25) is 4.68 Å². The lowest BCUT2D eigenvalue weighted by molar-refractivity contribution is 0.324. The van der Waals surface area contributed by atoms with E-state index in [1.165, 1.54) is 5.56 Å². The summed E-state index contributed by atoms with van der Waals surface area (Å²) in [6.45, 7) is 4.19. The van der Waals surface area contributed by atoms with Gasteiger partial charge in [0, 0.05) is 25.8 Å². The van der Waals surface area contributed by atoms with Crippen molar-refractivity contribution in [3.8, 4) is 0 Å². The van der Waals surface area contributed by atoms with Gasteiger partial charge in [-0.15, -0.1) is 0 Å². The van der Waals surface area contributed by atoms with Crippen LogP contribution in [0.1, 0.15) is 18.9 Å². The fourth-order valence-electron chi connectivity index (χ4n) is 1.46. The Labute approximate surface area is 92.1 Å². The topological polar surface area (TPSA) is 47.1 Å². The largest absolute Gasteiger partial charge is 0.328 e. The molecule has 4 nitrogen and oxygen atoms in total. The van der Waals surface area contributed by atoms with E-state index < -0.39 is 0 Å². The summed E-state index contributed by atoms with van der Waals surface area (Å²) in [6.07, 6.45) is 6.12. The van der Waals surface area contributed by atoms with Crippen molar-refractivity contribution in [3.63, 3.8) is 0 Å². The fraction of sp³-hybridized carbons (Fsp3) is 0.727. The van der Waals surface area contributed by atoms with Crippen LogP contribution < -0.4 is 5.73 Å². The van der Waals surface area contributed by atoms with Gasteiger partial charge in [-0.1, -0.05) is 0 Å². The van der Waals surface area contributed by atoms with E-state index in [9.17, 15) is 0 Å². The molecule has 0 aromatic carbocycles. The van der Waals surface area contributed by atoms with Crippen molar-refractivity contribution in [2.45, 2.75) is 25.8 Å². The van der Waals surface area contributed by atoms with Gasteiger partial charge in [0.2, 0.25) is 0 Å². The van der Waals surface area contributed by atoms with Gasteiger partial charge in [0.15, 0.2) is 0 Å². The number of aryl methyl sites for hydroxylation is 1.